The first kappa shape index (κ1) is 15.7. The van der Waals surface area contributed by atoms with Crippen LogP contribution in [0.1, 0.15) is 56.3 Å². The SMILES string of the molecule is Cc1cc(C(C)(C)C)ccc1C(CCC#N)N(C)C. The Kier molecular flexibility index (Phi) is 5.14. The average molecular weight is 258 g/mol. The third-order valence-corrected chi connectivity index (χ3v) is 3.65. The molecule has 0 aliphatic heterocycles. The molecule has 0 saturated carbocycles. The number of nitrogens with zero attached hydrogens (tertiary/aromatic N) is 2. The second-order valence-electron chi connectivity index (χ2n) is 6.50. The molecule has 0 spiro atoms. The van der Waals surface area contributed by atoms with Gasteiger partial charge in [-0.15, -0.1) is 0 Å². The zero-order valence-corrected chi connectivity index (χ0v) is 13.1. The molecular weight excluding hydrogens is 232 g/mol. The predicted molar refractivity (Wildman–Crippen MR) is 81.2 cm³/mol. The summed E-state index contributed by atoms with van der Waals surface area (Å²) in [4.78, 5) is 2.20. The van der Waals surface area contributed by atoms with Crippen molar-refractivity contribution >= 4 is 0 Å². The van der Waals surface area contributed by atoms with Crippen LogP contribution in [-0.2, 0) is 5.41 Å². The maximum atomic E-state index is 8.80. The lowest BCUT2D eigenvalue weighted by Gasteiger charge is -2.27. The van der Waals surface area contributed by atoms with E-state index in [0.29, 0.717) is 12.5 Å². The van der Waals surface area contributed by atoms with Crippen molar-refractivity contribution in [2.45, 2.75) is 52.0 Å². The summed E-state index contributed by atoms with van der Waals surface area (Å²) < 4.78 is 0. The van der Waals surface area contributed by atoms with E-state index in [9.17, 15) is 0 Å². The number of nitriles is 1. The average Bonchev–Trinajstić information content (AvgIpc) is 2.29. The lowest BCUT2D eigenvalue weighted by Crippen LogP contribution is -2.21. The Labute approximate surface area is 118 Å². The van der Waals surface area contributed by atoms with Gasteiger partial charge in [-0.05, 0) is 49.5 Å². The first-order valence-corrected chi connectivity index (χ1v) is 6.91. The van der Waals surface area contributed by atoms with Crippen molar-refractivity contribution in [3.63, 3.8) is 0 Å². The van der Waals surface area contributed by atoms with Gasteiger partial charge in [0.25, 0.3) is 0 Å². The standard InChI is InChI=1S/C17H26N2/c1-13-12-14(17(2,3)4)9-10-15(13)16(19(5)6)8-7-11-18/h9-10,12,16H,7-8H2,1-6H3. The van der Waals surface area contributed by atoms with Gasteiger partial charge in [0.1, 0.15) is 0 Å². The molecule has 19 heavy (non-hydrogen) atoms. The van der Waals surface area contributed by atoms with E-state index in [1.165, 1.54) is 16.7 Å². The summed E-state index contributed by atoms with van der Waals surface area (Å²) in [6, 6.07) is 9.33. The lowest BCUT2D eigenvalue weighted by atomic mass is 9.84. The molecule has 0 aromatic heterocycles. The van der Waals surface area contributed by atoms with Gasteiger partial charge in [0.15, 0.2) is 0 Å². The maximum Gasteiger partial charge on any atom is 0.0622 e. The molecule has 2 heteroatoms. The normalized spacial score (nSPS) is 13.4. The van der Waals surface area contributed by atoms with Gasteiger partial charge in [-0.25, -0.2) is 0 Å². The van der Waals surface area contributed by atoms with Crippen molar-refractivity contribution in [2.75, 3.05) is 14.1 Å². The van der Waals surface area contributed by atoms with Crippen LogP contribution in [0.2, 0.25) is 0 Å². The van der Waals surface area contributed by atoms with Crippen LogP contribution in [0, 0.1) is 18.3 Å². The number of hydrogen-bond donors (Lipinski definition) is 0. The zero-order chi connectivity index (χ0) is 14.6. The first-order valence-electron chi connectivity index (χ1n) is 6.91. The van der Waals surface area contributed by atoms with Gasteiger partial charge in [0.2, 0.25) is 0 Å². The highest BCUT2D eigenvalue weighted by molar-refractivity contribution is 5.36. The van der Waals surface area contributed by atoms with Crippen LogP contribution >= 0.6 is 0 Å². The maximum absolute atomic E-state index is 8.80. The van der Waals surface area contributed by atoms with E-state index >= 15 is 0 Å². The second kappa shape index (κ2) is 6.21. The van der Waals surface area contributed by atoms with Crippen molar-refractivity contribution in [3.8, 4) is 6.07 Å². The Hall–Kier alpha value is -1.33. The van der Waals surface area contributed by atoms with Crippen LogP contribution in [-0.4, -0.2) is 19.0 Å². The summed E-state index contributed by atoms with van der Waals surface area (Å²) >= 11 is 0. The quantitative estimate of drug-likeness (QED) is 0.809. The highest BCUT2D eigenvalue weighted by atomic mass is 15.1. The van der Waals surface area contributed by atoms with E-state index in [4.69, 9.17) is 5.26 Å². The van der Waals surface area contributed by atoms with E-state index in [-0.39, 0.29) is 5.41 Å². The molecule has 2 nitrogen and oxygen atoms in total. The van der Waals surface area contributed by atoms with Crippen LogP contribution in [0.25, 0.3) is 0 Å². The summed E-state index contributed by atoms with van der Waals surface area (Å²) in [5, 5.41) is 8.80. The Morgan fingerprint density at radius 1 is 1.26 bits per heavy atom. The molecule has 0 N–H and O–H groups in total. The van der Waals surface area contributed by atoms with Crippen LogP contribution < -0.4 is 0 Å². The molecule has 1 rings (SSSR count). The molecule has 0 radical (unpaired) electrons. The van der Waals surface area contributed by atoms with E-state index < -0.39 is 0 Å². The fraction of sp³-hybridized carbons (Fsp3) is 0.588. The molecule has 1 unspecified atom stereocenters. The molecule has 0 aliphatic carbocycles. The van der Waals surface area contributed by atoms with Crippen molar-refractivity contribution in [1.82, 2.24) is 4.90 Å². The first-order chi connectivity index (χ1) is 8.77. The van der Waals surface area contributed by atoms with Crippen molar-refractivity contribution in [1.29, 1.82) is 5.26 Å². The van der Waals surface area contributed by atoms with Gasteiger partial charge in [-0.1, -0.05) is 39.0 Å². The Bertz CT molecular complexity index is 461. The van der Waals surface area contributed by atoms with Crippen LogP contribution in [0.3, 0.4) is 0 Å². The van der Waals surface area contributed by atoms with Crippen molar-refractivity contribution < 1.29 is 0 Å². The number of benzene rings is 1. The molecule has 0 heterocycles. The third-order valence-electron chi connectivity index (χ3n) is 3.65. The smallest absolute Gasteiger partial charge is 0.0622 e. The second-order valence-corrected chi connectivity index (χ2v) is 6.50. The van der Waals surface area contributed by atoms with Crippen molar-refractivity contribution in [3.05, 3.63) is 34.9 Å². The monoisotopic (exact) mass is 258 g/mol. The minimum absolute atomic E-state index is 0.184. The van der Waals surface area contributed by atoms with Gasteiger partial charge in [-0.2, -0.15) is 5.26 Å². The van der Waals surface area contributed by atoms with E-state index in [2.05, 4.69) is 71.0 Å². The lowest BCUT2D eigenvalue weighted by molar-refractivity contribution is 0.285. The number of aryl methyl sites for hydroxylation is 1. The molecule has 0 fully saturated rings. The van der Waals surface area contributed by atoms with Gasteiger partial charge in [0.05, 0.1) is 6.07 Å². The fourth-order valence-electron chi connectivity index (χ4n) is 2.41. The fourth-order valence-corrected chi connectivity index (χ4v) is 2.41. The van der Waals surface area contributed by atoms with Gasteiger partial charge in [-0.3, -0.25) is 0 Å². The summed E-state index contributed by atoms with van der Waals surface area (Å²) in [5.74, 6) is 0. The van der Waals surface area contributed by atoms with Gasteiger partial charge < -0.3 is 4.90 Å². The van der Waals surface area contributed by atoms with Crippen LogP contribution in [0.4, 0.5) is 0 Å². The summed E-state index contributed by atoms with van der Waals surface area (Å²) in [7, 11) is 4.16. The van der Waals surface area contributed by atoms with E-state index in [1.54, 1.807) is 0 Å². The summed E-state index contributed by atoms with van der Waals surface area (Å²) in [5.41, 5.74) is 4.22. The molecule has 104 valence electrons. The predicted octanol–water partition coefficient (Wildman–Crippen LogP) is 4.20. The highest BCUT2D eigenvalue weighted by Crippen LogP contribution is 2.30. The molecule has 0 bridgehead atoms. The molecule has 1 atom stereocenters. The highest BCUT2D eigenvalue weighted by Gasteiger charge is 2.19. The molecule has 0 aliphatic rings. The Morgan fingerprint density at radius 3 is 2.32 bits per heavy atom. The van der Waals surface area contributed by atoms with E-state index in [0.717, 1.165) is 6.42 Å². The minimum atomic E-state index is 0.184. The zero-order valence-electron chi connectivity index (χ0n) is 13.1. The topological polar surface area (TPSA) is 27.0 Å². The van der Waals surface area contributed by atoms with Crippen LogP contribution in [0.15, 0.2) is 18.2 Å². The van der Waals surface area contributed by atoms with E-state index in [1.807, 2.05) is 0 Å². The Morgan fingerprint density at radius 2 is 1.89 bits per heavy atom. The van der Waals surface area contributed by atoms with Gasteiger partial charge >= 0.3 is 0 Å². The van der Waals surface area contributed by atoms with Gasteiger partial charge in [0, 0.05) is 12.5 Å². The molecular formula is C17H26N2. The summed E-state index contributed by atoms with van der Waals surface area (Å²) in [6.07, 6.45) is 1.49. The third kappa shape index (κ3) is 4.08. The molecule has 1 aromatic rings. The van der Waals surface area contributed by atoms with Crippen molar-refractivity contribution in [2.24, 2.45) is 0 Å². The molecule has 1 aromatic carbocycles. The number of hydrogen-bond acceptors (Lipinski definition) is 2. The molecule has 0 amide bonds. The molecule has 0 saturated heterocycles. The largest absolute Gasteiger partial charge is 0.302 e. The summed E-state index contributed by atoms with van der Waals surface area (Å²) in [6.45, 7) is 8.88. The Balaban J connectivity index is 3.09. The number of rotatable bonds is 4. The van der Waals surface area contributed by atoms with Crippen LogP contribution in [0.5, 0.6) is 0 Å². The minimum Gasteiger partial charge on any atom is -0.302 e.